The van der Waals surface area contributed by atoms with E-state index in [2.05, 4.69) is 39.9 Å². The molecule has 0 saturated heterocycles. The van der Waals surface area contributed by atoms with Crippen molar-refractivity contribution in [2.45, 2.75) is 118 Å². The third-order valence-corrected chi connectivity index (χ3v) is 6.63. The largest absolute Gasteiger partial charge is 0.314 e. The summed E-state index contributed by atoms with van der Waals surface area (Å²) in [5.41, 5.74) is 0. The molecule has 0 amide bonds. The first-order valence-corrected chi connectivity index (χ1v) is 11.3. The van der Waals surface area contributed by atoms with Crippen LogP contribution in [0.1, 0.15) is 112 Å². The predicted molar refractivity (Wildman–Crippen MR) is 110 cm³/mol. The molecule has 0 bridgehead atoms. The van der Waals surface area contributed by atoms with Gasteiger partial charge in [-0.15, -0.1) is 0 Å². The first-order chi connectivity index (χ1) is 11.6. The van der Waals surface area contributed by atoms with Crippen LogP contribution in [0.25, 0.3) is 0 Å². The van der Waals surface area contributed by atoms with Gasteiger partial charge in [0.15, 0.2) is 0 Å². The Hall–Kier alpha value is -0.0400. The van der Waals surface area contributed by atoms with Gasteiger partial charge in [0.25, 0.3) is 0 Å². The van der Waals surface area contributed by atoms with Gasteiger partial charge >= 0.3 is 0 Å². The maximum absolute atomic E-state index is 3.75. The minimum atomic E-state index is 0.727. The van der Waals surface area contributed by atoms with Crippen LogP contribution < -0.4 is 5.32 Å². The smallest absolute Gasteiger partial charge is 0.00900 e. The second-order valence-electron chi connectivity index (χ2n) is 8.96. The van der Waals surface area contributed by atoms with E-state index in [-0.39, 0.29) is 0 Å². The Kier molecular flexibility index (Phi) is 12.1. The molecule has 144 valence electrons. The summed E-state index contributed by atoms with van der Waals surface area (Å²) < 4.78 is 0. The molecule has 0 heterocycles. The minimum absolute atomic E-state index is 0.727. The Morgan fingerprint density at radius 1 is 0.917 bits per heavy atom. The van der Waals surface area contributed by atoms with E-state index >= 15 is 0 Å². The summed E-state index contributed by atoms with van der Waals surface area (Å²) in [7, 11) is 0. The quantitative estimate of drug-likeness (QED) is 0.374. The maximum Gasteiger partial charge on any atom is 0.00900 e. The predicted octanol–water partition coefficient (Wildman–Crippen LogP) is 7.20. The molecule has 1 aliphatic carbocycles. The fraction of sp³-hybridized carbons (Fsp3) is 1.00. The van der Waals surface area contributed by atoms with E-state index < -0.39 is 0 Å². The summed E-state index contributed by atoms with van der Waals surface area (Å²) in [4.78, 5) is 0. The van der Waals surface area contributed by atoms with Gasteiger partial charge in [-0.1, -0.05) is 86.0 Å². The number of hydrogen-bond donors (Lipinski definition) is 1. The van der Waals surface area contributed by atoms with Crippen LogP contribution in [0, 0.1) is 23.7 Å². The molecular formula is C23H47N. The van der Waals surface area contributed by atoms with Crippen molar-refractivity contribution in [3.05, 3.63) is 0 Å². The molecule has 24 heavy (non-hydrogen) atoms. The van der Waals surface area contributed by atoms with Crippen molar-refractivity contribution < 1.29 is 0 Å². The average Bonchev–Trinajstić information content (AvgIpc) is 2.59. The average molecular weight is 338 g/mol. The number of nitrogens with one attached hydrogen (secondary N) is 1. The van der Waals surface area contributed by atoms with E-state index in [1.54, 1.807) is 0 Å². The molecule has 1 N–H and O–H groups in total. The van der Waals surface area contributed by atoms with Crippen molar-refractivity contribution in [1.82, 2.24) is 5.32 Å². The summed E-state index contributed by atoms with van der Waals surface area (Å²) in [5.74, 6) is 3.71. The molecule has 1 nitrogen and oxygen atoms in total. The Labute approximate surface area is 153 Å². The molecule has 0 radical (unpaired) electrons. The minimum Gasteiger partial charge on any atom is -0.314 e. The highest BCUT2D eigenvalue weighted by molar-refractivity contribution is 4.74. The molecule has 0 aromatic carbocycles. The normalized spacial score (nSPS) is 20.2. The second kappa shape index (κ2) is 13.2. The number of rotatable bonds is 13. The van der Waals surface area contributed by atoms with Crippen molar-refractivity contribution >= 4 is 0 Å². The van der Waals surface area contributed by atoms with Crippen molar-refractivity contribution in [3.8, 4) is 0 Å². The van der Waals surface area contributed by atoms with Gasteiger partial charge in [0.05, 0.1) is 0 Å². The Morgan fingerprint density at radius 3 is 2.21 bits per heavy atom. The van der Waals surface area contributed by atoms with Crippen LogP contribution >= 0.6 is 0 Å². The van der Waals surface area contributed by atoms with Crippen LogP contribution in [0.2, 0.25) is 0 Å². The highest BCUT2D eigenvalue weighted by atomic mass is 14.9. The van der Waals surface area contributed by atoms with Crippen LogP contribution in [0.4, 0.5) is 0 Å². The van der Waals surface area contributed by atoms with Gasteiger partial charge in [-0.2, -0.15) is 0 Å². The van der Waals surface area contributed by atoms with E-state index in [0.29, 0.717) is 0 Å². The molecule has 0 aliphatic heterocycles. The molecule has 0 spiro atoms. The fourth-order valence-corrected chi connectivity index (χ4v) is 4.72. The molecule has 1 heteroatoms. The highest BCUT2D eigenvalue weighted by Gasteiger charge is 2.20. The van der Waals surface area contributed by atoms with Crippen LogP contribution in [-0.2, 0) is 0 Å². The Balaban J connectivity index is 2.26. The summed E-state index contributed by atoms with van der Waals surface area (Å²) in [5, 5.41) is 3.75. The van der Waals surface area contributed by atoms with Gasteiger partial charge < -0.3 is 5.32 Å². The lowest BCUT2D eigenvalue weighted by atomic mass is 9.79. The Morgan fingerprint density at radius 2 is 1.62 bits per heavy atom. The monoisotopic (exact) mass is 337 g/mol. The summed E-state index contributed by atoms with van der Waals surface area (Å²) in [6.45, 7) is 13.1. The fourth-order valence-electron chi connectivity index (χ4n) is 4.72. The van der Waals surface area contributed by atoms with E-state index in [1.807, 2.05) is 0 Å². The van der Waals surface area contributed by atoms with Crippen LogP contribution in [0.15, 0.2) is 0 Å². The topological polar surface area (TPSA) is 12.0 Å². The third kappa shape index (κ3) is 8.88. The second-order valence-corrected chi connectivity index (χ2v) is 8.96. The van der Waals surface area contributed by atoms with Gasteiger partial charge in [-0.05, 0) is 55.9 Å². The van der Waals surface area contributed by atoms with Crippen LogP contribution in [-0.4, -0.2) is 12.6 Å². The zero-order valence-electron chi connectivity index (χ0n) is 17.6. The molecular weight excluding hydrogens is 290 g/mol. The van der Waals surface area contributed by atoms with Gasteiger partial charge in [0.2, 0.25) is 0 Å². The van der Waals surface area contributed by atoms with Gasteiger partial charge in [0.1, 0.15) is 0 Å². The van der Waals surface area contributed by atoms with Crippen molar-refractivity contribution in [2.75, 3.05) is 6.54 Å². The van der Waals surface area contributed by atoms with Crippen molar-refractivity contribution in [3.63, 3.8) is 0 Å². The van der Waals surface area contributed by atoms with E-state index in [9.17, 15) is 0 Å². The summed E-state index contributed by atoms with van der Waals surface area (Å²) in [6, 6.07) is 0.727. The molecule has 1 rings (SSSR count). The first-order valence-electron chi connectivity index (χ1n) is 11.3. The SMILES string of the molecule is CCCNC(CC)C(C)CCCC(CCC1CCCCC1)C(C)C. The standard InChI is InChI=1S/C23H47N/c1-6-18-24-23(7-2)20(5)12-11-15-22(19(3)4)17-16-21-13-9-8-10-14-21/h19-24H,6-18H2,1-5H3. The molecule has 0 aromatic rings. The number of hydrogen-bond acceptors (Lipinski definition) is 1. The summed E-state index contributed by atoms with van der Waals surface area (Å²) in [6.07, 6.45) is 17.3. The maximum atomic E-state index is 3.75. The zero-order valence-corrected chi connectivity index (χ0v) is 17.6. The Bertz CT molecular complexity index is 280. The van der Waals surface area contributed by atoms with Crippen molar-refractivity contribution in [1.29, 1.82) is 0 Å². The van der Waals surface area contributed by atoms with Crippen LogP contribution in [0.3, 0.4) is 0 Å². The van der Waals surface area contributed by atoms with Crippen molar-refractivity contribution in [2.24, 2.45) is 23.7 Å². The van der Waals surface area contributed by atoms with E-state index in [1.165, 1.54) is 83.6 Å². The van der Waals surface area contributed by atoms with E-state index in [0.717, 1.165) is 29.7 Å². The van der Waals surface area contributed by atoms with Gasteiger partial charge in [-0.3, -0.25) is 0 Å². The van der Waals surface area contributed by atoms with Gasteiger partial charge in [-0.25, -0.2) is 0 Å². The highest BCUT2D eigenvalue weighted by Crippen LogP contribution is 2.32. The lowest BCUT2D eigenvalue weighted by molar-refractivity contribution is 0.254. The first kappa shape index (κ1) is 22.0. The molecule has 1 aliphatic rings. The lowest BCUT2D eigenvalue weighted by Gasteiger charge is -2.28. The molecule has 3 unspecified atom stereocenters. The molecule has 1 saturated carbocycles. The van der Waals surface area contributed by atoms with E-state index in [4.69, 9.17) is 0 Å². The molecule has 1 fully saturated rings. The van der Waals surface area contributed by atoms with Crippen LogP contribution in [0.5, 0.6) is 0 Å². The third-order valence-electron chi connectivity index (χ3n) is 6.63. The summed E-state index contributed by atoms with van der Waals surface area (Å²) >= 11 is 0. The zero-order chi connectivity index (χ0) is 17.8. The van der Waals surface area contributed by atoms with Gasteiger partial charge in [0, 0.05) is 6.04 Å². The molecule has 3 atom stereocenters. The lowest BCUT2D eigenvalue weighted by Crippen LogP contribution is -2.35. The molecule has 0 aromatic heterocycles.